The van der Waals surface area contributed by atoms with Crippen LogP contribution in [0, 0.1) is 29.0 Å². The van der Waals surface area contributed by atoms with Crippen molar-refractivity contribution in [2.75, 3.05) is 0 Å². The Balaban J connectivity index is 1.25. The lowest BCUT2D eigenvalue weighted by Crippen LogP contribution is -2.76. The summed E-state index contributed by atoms with van der Waals surface area (Å²) in [5.74, 6) is 1.59. The van der Waals surface area contributed by atoms with E-state index in [9.17, 15) is 21.5 Å². The zero-order valence-corrected chi connectivity index (χ0v) is 41.6. The summed E-state index contributed by atoms with van der Waals surface area (Å²) >= 11 is 0. The van der Waals surface area contributed by atoms with Gasteiger partial charge in [-0.2, -0.15) is 10.5 Å². The smallest absolute Gasteiger partial charge is 0.269 e. The number of imidazole rings is 1. The molecule has 1 aliphatic heterocycles. The highest BCUT2D eigenvalue weighted by atomic mass is 28.3. The summed E-state index contributed by atoms with van der Waals surface area (Å²) in [7, 11) is -4.75. The largest absolute Gasteiger partial charge is 0.458 e. The molecule has 0 fully saturated rings. The van der Waals surface area contributed by atoms with Crippen molar-refractivity contribution in [2.45, 2.75) is 78.6 Å². The molecular weight excluding hydrogens is 873 g/mol. The van der Waals surface area contributed by atoms with Crippen molar-refractivity contribution in [2.24, 2.45) is 0 Å². The minimum absolute atomic E-state index is 0.138. The topological polar surface area (TPSA) is 83.4 Å². The van der Waals surface area contributed by atoms with E-state index in [0.29, 0.717) is 38.6 Å². The van der Waals surface area contributed by atoms with E-state index < -0.39 is 67.5 Å². The molecule has 0 aliphatic carbocycles. The van der Waals surface area contributed by atoms with Gasteiger partial charge in [0.2, 0.25) is 0 Å². The molecule has 7 nitrogen and oxygen atoms in total. The van der Waals surface area contributed by atoms with Gasteiger partial charge in [0.25, 0.3) is 6.33 Å². The van der Waals surface area contributed by atoms with E-state index in [0.717, 1.165) is 50.0 Å². The zero-order chi connectivity index (χ0) is 55.9. The molecule has 4 heterocycles. The Hall–Kier alpha value is -8.04. The Bertz CT molecular complexity index is 4160. The monoisotopic (exact) mass is 934 g/mol. The Morgan fingerprint density at radius 1 is 0.600 bits per heavy atom. The standard InChI is InChI=1S/C62H54N6OSi/c1-60(2,3)42-29-30-65-58(34-42)68-52-14-11-10-13-50(52)51-27-21-46(35-54(51)68)69-47-22-28-56-55(36-47)67-39-66(45-32-43(61(4,5)6)31-44(33-45)62(7,8)9)53-15-12-16-57(59(53)67)70(56,48-23-17-40(37-63)18-24-48)49-25-19-41(38-64)20-26-49/h10-36H,1-9H3/i17D,18D,19D,20D,23D,24D,25D,26D. The first-order chi connectivity index (χ1) is 36.8. The molecule has 10 aromatic rings. The van der Waals surface area contributed by atoms with Gasteiger partial charge in [-0.15, -0.1) is 0 Å². The third-order valence-electron chi connectivity index (χ3n) is 13.6. The molecule has 70 heavy (non-hydrogen) atoms. The Labute approximate surface area is 422 Å². The summed E-state index contributed by atoms with van der Waals surface area (Å²) in [5.41, 5.74) is 5.78. The van der Waals surface area contributed by atoms with Crippen molar-refractivity contribution in [3.8, 4) is 40.8 Å². The lowest BCUT2D eigenvalue weighted by atomic mass is 9.80. The van der Waals surface area contributed by atoms with Gasteiger partial charge in [0, 0.05) is 23.0 Å². The molecule has 342 valence electrons. The zero-order valence-electron chi connectivity index (χ0n) is 48.6. The van der Waals surface area contributed by atoms with Crippen LogP contribution in [-0.2, 0) is 16.2 Å². The maximum atomic E-state index is 10.3. The second kappa shape index (κ2) is 16.0. The lowest BCUT2D eigenvalue weighted by Gasteiger charge is -2.39. The summed E-state index contributed by atoms with van der Waals surface area (Å²) in [6, 6.07) is 34.5. The maximum absolute atomic E-state index is 10.3. The van der Waals surface area contributed by atoms with E-state index in [1.165, 1.54) is 0 Å². The second-order valence-electron chi connectivity index (χ2n) is 21.2. The molecule has 0 N–H and O–H groups in total. The summed E-state index contributed by atoms with van der Waals surface area (Å²) < 4.78 is 89.2. The predicted molar refractivity (Wildman–Crippen MR) is 285 cm³/mol. The number of para-hydroxylation sites is 2. The van der Waals surface area contributed by atoms with Gasteiger partial charge in [-0.3, -0.25) is 13.7 Å². The fourth-order valence-corrected chi connectivity index (χ4v) is 14.3. The number of rotatable bonds is 6. The molecule has 7 aromatic carbocycles. The first kappa shape index (κ1) is 36.0. The first-order valence-electron chi connectivity index (χ1n) is 27.3. The van der Waals surface area contributed by atoms with E-state index >= 15 is 0 Å². The van der Waals surface area contributed by atoms with Crippen molar-refractivity contribution in [1.29, 1.82) is 10.5 Å². The van der Waals surface area contributed by atoms with Crippen LogP contribution in [0.25, 0.3) is 50.0 Å². The van der Waals surface area contributed by atoms with Crippen LogP contribution in [0.1, 0.15) is 101 Å². The Morgan fingerprint density at radius 3 is 1.83 bits per heavy atom. The number of nitrogens with zero attached hydrogens (tertiary/aromatic N) is 6. The van der Waals surface area contributed by atoms with Crippen molar-refractivity contribution >= 4 is 61.7 Å². The van der Waals surface area contributed by atoms with Gasteiger partial charge in [0.15, 0.2) is 8.07 Å². The SMILES string of the molecule is [2H]c1c([2H])c([Si]2(c3c([2H])c([2H])c(C#N)c([2H])c3[2H])c3ccc(Oc4ccc5c6ccccc6n(-c6cc(C(C)(C)C)ccn6)c5c4)cc3-n3[c-][n+](-c4cc(C(C)(C)C)cc(C(C)(C)C)c4)c4cccc2c43)c([2H])c([2H])c1C#N. The van der Waals surface area contributed by atoms with Gasteiger partial charge < -0.3 is 4.74 Å². The number of ether oxygens (including phenoxy) is 1. The molecular formula is C62H54N6OSi. The second-order valence-corrected chi connectivity index (χ2v) is 24.7. The molecule has 11 rings (SSSR count). The molecule has 3 aromatic heterocycles. The van der Waals surface area contributed by atoms with E-state index in [1.807, 2.05) is 69.9 Å². The van der Waals surface area contributed by atoms with Crippen LogP contribution in [0.5, 0.6) is 11.5 Å². The van der Waals surface area contributed by atoms with Crippen molar-refractivity contribution in [3.05, 3.63) is 198 Å². The average Bonchev–Trinajstić information content (AvgIpc) is 4.04. The van der Waals surface area contributed by atoms with Gasteiger partial charge in [-0.25, -0.2) is 4.98 Å². The molecule has 8 heteroatoms. The maximum Gasteiger partial charge on any atom is 0.269 e. The average molecular weight is 935 g/mol. The normalized spacial score (nSPS) is 14.9. The molecule has 0 unspecified atom stereocenters. The first-order valence-corrected chi connectivity index (χ1v) is 25.3. The highest BCUT2D eigenvalue weighted by Gasteiger charge is 2.47. The van der Waals surface area contributed by atoms with Gasteiger partial charge in [-0.1, -0.05) is 135 Å². The van der Waals surface area contributed by atoms with Gasteiger partial charge >= 0.3 is 0 Å². The van der Waals surface area contributed by atoms with Crippen LogP contribution in [-0.4, -0.2) is 22.2 Å². The van der Waals surface area contributed by atoms with Crippen LogP contribution in [0.2, 0.25) is 0 Å². The molecule has 0 spiro atoms. The Morgan fingerprint density at radius 2 is 1.20 bits per heavy atom. The van der Waals surface area contributed by atoms with Crippen molar-refractivity contribution in [1.82, 2.24) is 14.1 Å². The quantitative estimate of drug-likeness (QED) is 0.0945. The minimum atomic E-state index is -4.75. The molecule has 0 atom stereocenters. The predicted octanol–water partition coefficient (Wildman–Crippen LogP) is 11.3. The molecule has 0 saturated carbocycles. The van der Waals surface area contributed by atoms with Crippen LogP contribution in [0.15, 0.2) is 164 Å². The number of benzene rings is 7. The molecule has 0 saturated heterocycles. The van der Waals surface area contributed by atoms with Gasteiger partial charge in [0.05, 0.1) is 67.7 Å². The number of hydrogen-bond donors (Lipinski definition) is 0. The fraction of sp³-hybridized carbons (Fsp3) is 0.194. The van der Waals surface area contributed by atoms with Crippen LogP contribution < -0.4 is 30.1 Å². The molecule has 1 aliphatic rings. The fourth-order valence-electron chi connectivity index (χ4n) is 9.83. The third-order valence-corrected chi connectivity index (χ3v) is 18.0. The Kier molecular flexibility index (Phi) is 8.24. The van der Waals surface area contributed by atoms with Crippen molar-refractivity contribution in [3.63, 3.8) is 0 Å². The van der Waals surface area contributed by atoms with E-state index in [2.05, 4.69) is 110 Å². The minimum Gasteiger partial charge on any atom is -0.458 e. The van der Waals surface area contributed by atoms with Crippen molar-refractivity contribution < 1.29 is 20.3 Å². The number of pyridine rings is 1. The van der Waals surface area contributed by atoms with E-state index in [-0.39, 0.29) is 26.6 Å². The number of nitriles is 2. The van der Waals surface area contributed by atoms with E-state index in [4.69, 9.17) is 9.72 Å². The highest BCUT2D eigenvalue weighted by molar-refractivity contribution is 7.21. The summed E-state index contributed by atoms with van der Waals surface area (Å²) in [6.45, 7) is 19.4. The number of hydrogen-bond acceptors (Lipinski definition) is 4. The molecule has 0 bridgehead atoms. The van der Waals surface area contributed by atoms with Crippen LogP contribution in [0.4, 0.5) is 0 Å². The van der Waals surface area contributed by atoms with Crippen LogP contribution in [0.3, 0.4) is 0 Å². The third kappa shape index (κ3) is 7.13. The molecule has 0 amide bonds. The number of fused-ring (bicyclic) bond motifs is 5. The molecule has 0 radical (unpaired) electrons. The summed E-state index contributed by atoms with van der Waals surface area (Å²) in [6.07, 6.45) is 5.51. The lowest BCUT2D eigenvalue weighted by molar-refractivity contribution is -0.572. The van der Waals surface area contributed by atoms with E-state index in [1.54, 1.807) is 30.3 Å². The van der Waals surface area contributed by atoms with Crippen LogP contribution >= 0.6 is 0 Å². The number of aromatic nitrogens is 4. The van der Waals surface area contributed by atoms with Gasteiger partial charge in [-0.05, 0) is 132 Å². The van der Waals surface area contributed by atoms with Gasteiger partial charge in [0.1, 0.15) is 17.3 Å². The summed E-state index contributed by atoms with van der Waals surface area (Å²) in [4.78, 5) is 4.87. The highest BCUT2D eigenvalue weighted by Crippen LogP contribution is 2.38. The summed E-state index contributed by atoms with van der Waals surface area (Å²) in [5, 5.41) is 23.0.